The van der Waals surface area contributed by atoms with Crippen LogP contribution in [0.2, 0.25) is 5.15 Å². The first-order chi connectivity index (χ1) is 9.82. The number of pyridine rings is 1. The van der Waals surface area contributed by atoms with Crippen molar-refractivity contribution in [1.82, 2.24) is 9.88 Å². The zero-order valence-electron chi connectivity index (χ0n) is 13.2. The van der Waals surface area contributed by atoms with Gasteiger partial charge in [0.2, 0.25) is 0 Å². The van der Waals surface area contributed by atoms with E-state index in [9.17, 15) is 4.79 Å². The Labute approximate surface area is 131 Å². The molecule has 1 aliphatic rings. The van der Waals surface area contributed by atoms with Crippen LogP contribution in [-0.2, 0) is 0 Å². The second-order valence-corrected chi connectivity index (χ2v) is 7.01. The lowest BCUT2D eigenvalue weighted by Gasteiger charge is -2.38. The molecule has 1 aromatic rings. The van der Waals surface area contributed by atoms with Crippen molar-refractivity contribution in [2.45, 2.75) is 45.6 Å². The van der Waals surface area contributed by atoms with Crippen molar-refractivity contribution in [1.29, 1.82) is 0 Å². The van der Waals surface area contributed by atoms with Gasteiger partial charge in [0.25, 0.3) is 5.91 Å². The second kappa shape index (κ2) is 6.22. The van der Waals surface area contributed by atoms with Crippen molar-refractivity contribution < 1.29 is 4.79 Å². The van der Waals surface area contributed by atoms with Crippen molar-refractivity contribution in [2.75, 3.05) is 19.4 Å². The maximum absolute atomic E-state index is 12.6. The third-order valence-electron chi connectivity index (χ3n) is 4.47. The zero-order valence-corrected chi connectivity index (χ0v) is 14.0. The largest absolute Gasteiger partial charge is 0.373 e. The van der Waals surface area contributed by atoms with Crippen molar-refractivity contribution in [2.24, 2.45) is 5.41 Å². The molecule has 21 heavy (non-hydrogen) atoms. The van der Waals surface area contributed by atoms with E-state index in [1.165, 1.54) is 0 Å². The fraction of sp³-hybridized carbons (Fsp3) is 0.625. The monoisotopic (exact) mass is 309 g/mol. The van der Waals surface area contributed by atoms with E-state index in [2.05, 4.69) is 24.1 Å². The van der Waals surface area contributed by atoms with Crippen LogP contribution in [0.15, 0.2) is 12.1 Å². The van der Waals surface area contributed by atoms with E-state index in [0.29, 0.717) is 28.0 Å². The summed E-state index contributed by atoms with van der Waals surface area (Å²) < 4.78 is 0. The van der Waals surface area contributed by atoms with Crippen LogP contribution >= 0.6 is 11.6 Å². The molecule has 0 aliphatic heterocycles. The quantitative estimate of drug-likeness (QED) is 0.863. The van der Waals surface area contributed by atoms with Gasteiger partial charge in [0.15, 0.2) is 0 Å². The number of anilines is 1. The molecule has 1 aromatic heterocycles. The molecule has 0 aromatic carbocycles. The van der Waals surface area contributed by atoms with Crippen molar-refractivity contribution in [3.8, 4) is 0 Å². The van der Waals surface area contributed by atoms with Gasteiger partial charge in [-0.1, -0.05) is 25.4 Å². The summed E-state index contributed by atoms with van der Waals surface area (Å²) >= 11 is 5.98. The third-order valence-corrected chi connectivity index (χ3v) is 4.67. The molecule has 0 unspecified atom stereocenters. The number of hydrogen-bond acceptors (Lipinski definition) is 3. The molecule has 0 atom stereocenters. The normalized spacial score (nSPS) is 18.3. The van der Waals surface area contributed by atoms with Gasteiger partial charge in [-0.3, -0.25) is 4.79 Å². The standard InChI is InChI=1S/C16H24ClN3O/c1-16(2)7-5-12(6-8-16)20(4)15(21)11-9-13(17)19-14(10-11)18-3/h9-10,12H,5-8H2,1-4H3,(H,18,19). The van der Waals surface area contributed by atoms with Crippen molar-refractivity contribution in [3.05, 3.63) is 22.8 Å². The Balaban J connectivity index is 2.11. The number of nitrogens with zero attached hydrogens (tertiary/aromatic N) is 2. The molecular weight excluding hydrogens is 286 g/mol. The fourth-order valence-electron chi connectivity index (χ4n) is 2.89. The lowest BCUT2D eigenvalue weighted by atomic mass is 9.75. The van der Waals surface area contributed by atoms with Crippen molar-refractivity contribution in [3.63, 3.8) is 0 Å². The molecule has 1 aliphatic carbocycles. The summed E-state index contributed by atoms with van der Waals surface area (Å²) in [6.45, 7) is 4.60. The second-order valence-electron chi connectivity index (χ2n) is 6.63. The van der Waals surface area contributed by atoms with E-state index in [1.54, 1.807) is 19.2 Å². The minimum Gasteiger partial charge on any atom is -0.373 e. The summed E-state index contributed by atoms with van der Waals surface area (Å²) in [7, 11) is 3.65. The van der Waals surface area contributed by atoms with E-state index in [1.807, 2.05) is 11.9 Å². The first-order valence-corrected chi connectivity index (χ1v) is 7.83. The number of halogens is 1. The molecule has 0 radical (unpaired) electrons. The van der Waals surface area contributed by atoms with E-state index in [-0.39, 0.29) is 5.91 Å². The third kappa shape index (κ3) is 3.88. The Bertz CT molecular complexity index is 520. The first kappa shape index (κ1) is 16.1. The summed E-state index contributed by atoms with van der Waals surface area (Å²) in [5.41, 5.74) is 0.992. The average molecular weight is 310 g/mol. The number of amides is 1. The summed E-state index contributed by atoms with van der Waals surface area (Å²) in [5, 5.41) is 3.26. The van der Waals surface area contributed by atoms with Gasteiger partial charge < -0.3 is 10.2 Å². The number of carbonyl (C=O) groups is 1. The van der Waals surface area contributed by atoms with E-state index < -0.39 is 0 Å². The molecule has 0 bridgehead atoms. The van der Waals surface area contributed by atoms with Gasteiger partial charge in [-0.05, 0) is 43.2 Å². The Morgan fingerprint density at radius 3 is 2.57 bits per heavy atom. The summed E-state index contributed by atoms with van der Waals surface area (Å²) in [5.74, 6) is 0.629. The summed E-state index contributed by atoms with van der Waals surface area (Å²) in [4.78, 5) is 18.6. The molecule has 0 saturated heterocycles. The van der Waals surface area contributed by atoms with Gasteiger partial charge >= 0.3 is 0 Å². The van der Waals surface area contributed by atoms with Crippen LogP contribution in [0, 0.1) is 5.41 Å². The van der Waals surface area contributed by atoms with Crippen LogP contribution in [0.5, 0.6) is 0 Å². The predicted octanol–water partition coefficient (Wildman–Crippen LogP) is 3.82. The zero-order chi connectivity index (χ0) is 15.6. The highest BCUT2D eigenvalue weighted by atomic mass is 35.5. The summed E-state index contributed by atoms with van der Waals surface area (Å²) in [6, 6.07) is 3.70. The molecule has 1 N–H and O–H groups in total. The lowest BCUT2D eigenvalue weighted by Crippen LogP contribution is -2.40. The Hall–Kier alpha value is -1.29. The Morgan fingerprint density at radius 1 is 1.38 bits per heavy atom. The van der Waals surface area contributed by atoms with E-state index in [0.717, 1.165) is 25.7 Å². The van der Waals surface area contributed by atoms with E-state index in [4.69, 9.17) is 11.6 Å². The minimum atomic E-state index is 0.0144. The molecule has 4 nitrogen and oxygen atoms in total. The van der Waals surface area contributed by atoms with Gasteiger partial charge in [-0.15, -0.1) is 0 Å². The lowest BCUT2D eigenvalue weighted by molar-refractivity contribution is 0.0635. The molecule has 0 spiro atoms. The van der Waals surface area contributed by atoms with Gasteiger partial charge in [-0.2, -0.15) is 0 Å². The Morgan fingerprint density at radius 2 is 2.00 bits per heavy atom. The molecule has 116 valence electrons. The highest BCUT2D eigenvalue weighted by molar-refractivity contribution is 6.29. The van der Waals surface area contributed by atoms with Crippen LogP contribution in [0.4, 0.5) is 5.82 Å². The van der Waals surface area contributed by atoms with Crippen LogP contribution in [0.25, 0.3) is 0 Å². The molecule has 2 rings (SSSR count). The number of aromatic nitrogens is 1. The molecule has 5 heteroatoms. The van der Waals surface area contributed by atoms with Gasteiger partial charge in [0.1, 0.15) is 11.0 Å². The van der Waals surface area contributed by atoms with Crippen molar-refractivity contribution >= 4 is 23.3 Å². The average Bonchev–Trinajstić information content (AvgIpc) is 2.45. The van der Waals surface area contributed by atoms with Crippen LogP contribution in [0.3, 0.4) is 0 Å². The van der Waals surface area contributed by atoms with Crippen LogP contribution in [-0.4, -0.2) is 35.9 Å². The highest BCUT2D eigenvalue weighted by Gasteiger charge is 2.31. The highest BCUT2D eigenvalue weighted by Crippen LogP contribution is 2.36. The van der Waals surface area contributed by atoms with Crippen LogP contribution < -0.4 is 5.32 Å². The molecule has 1 fully saturated rings. The van der Waals surface area contributed by atoms with Gasteiger partial charge in [0.05, 0.1) is 0 Å². The number of nitrogens with one attached hydrogen (secondary N) is 1. The maximum Gasteiger partial charge on any atom is 0.254 e. The Kier molecular flexibility index (Phi) is 4.77. The number of hydrogen-bond donors (Lipinski definition) is 1. The smallest absolute Gasteiger partial charge is 0.254 e. The number of carbonyl (C=O) groups excluding carboxylic acids is 1. The topological polar surface area (TPSA) is 45.2 Å². The predicted molar refractivity (Wildman–Crippen MR) is 86.9 cm³/mol. The van der Waals surface area contributed by atoms with Crippen LogP contribution in [0.1, 0.15) is 49.9 Å². The van der Waals surface area contributed by atoms with Gasteiger partial charge in [-0.25, -0.2) is 4.98 Å². The van der Waals surface area contributed by atoms with Gasteiger partial charge in [0, 0.05) is 25.7 Å². The molecular formula is C16H24ClN3O. The van der Waals surface area contributed by atoms with E-state index >= 15 is 0 Å². The minimum absolute atomic E-state index is 0.0144. The molecule has 1 heterocycles. The summed E-state index contributed by atoms with van der Waals surface area (Å²) in [6.07, 6.45) is 4.45. The molecule has 1 saturated carbocycles. The first-order valence-electron chi connectivity index (χ1n) is 7.45. The molecule has 1 amide bonds. The SMILES string of the molecule is CNc1cc(C(=O)N(C)C2CCC(C)(C)CC2)cc(Cl)n1. The number of rotatable bonds is 3. The fourth-order valence-corrected chi connectivity index (χ4v) is 3.10. The maximum atomic E-state index is 12.6.